The molecule has 0 fully saturated rings. The number of ether oxygens (including phenoxy) is 1. The third-order valence-corrected chi connectivity index (χ3v) is 1.28. The molecule has 3 nitrogen and oxygen atoms in total. The minimum Gasteiger partial charge on any atom is -0.467 e. The van der Waals surface area contributed by atoms with Gasteiger partial charge in [0.1, 0.15) is 3.70 Å². The highest BCUT2D eigenvalue weighted by Gasteiger charge is 1.92. The fourth-order valence-corrected chi connectivity index (χ4v) is 0.726. The van der Waals surface area contributed by atoms with Crippen molar-refractivity contribution in [3.8, 4) is 6.01 Å². The molecule has 0 saturated carbocycles. The second kappa shape index (κ2) is 2.95. The van der Waals surface area contributed by atoms with Crippen molar-refractivity contribution in [3.05, 3.63) is 16.0 Å². The van der Waals surface area contributed by atoms with Crippen LogP contribution in [0.3, 0.4) is 0 Å². The largest absolute Gasteiger partial charge is 0.467 e. The first-order chi connectivity index (χ1) is 4.33. The molecule has 0 aliphatic heterocycles. The molecule has 0 aromatic carbocycles. The molecule has 47 valence electrons. The summed E-state index contributed by atoms with van der Waals surface area (Å²) in [6, 6.07) is 2.05. The van der Waals surface area contributed by atoms with Gasteiger partial charge in [0, 0.05) is 0 Å². The van der Waals surface area contributed by atoms with Crippen LogP contribution in [0.15, 0.2) is 6.07 Å². The average Bonchev–Trinajstić information content (AvgIpc) is 1.88. The highest BCUT2D eigenvalue weighted by atomic mass is 127. The summed E-state index contributed by atoms with van der Waals surface area (Å²) < 4.78 is 5.57. The van der Waals surface area contributed by atoms with Gasteiger partial charge in [-0.2, -0.15) is 9.97 Å². The van der Waals surface area contributed by atoms with Crippen molar-refractivity contribution in [1.29, 1.82) is 0 Å². The Hall–Kier alpha value is -0.390. The van der Waals surface area contributed by atoms with Crippen molar-refractivity contribution in [3.63, 3.8) is 0 Å². The number of hydrogen-bond donors (Lipinski definition) is 0. The van der Waals surface area contributed by atoms with E-state index in [9.17, 15) is 0 Å². The Morgan fingerprint density at radius 3 is 3.00 bits per heavy atom. The van der Waals surface area contributed by atoms with E-state index >= 15 is 0 Å². The summed E-state index contributed by atoms with van der Waals surface area (Å²) in [5.74, 6) is 0. The molecular formula is C5H4IN2O. The molecule has 1 rings (SSSR count). The van der Waals surface area contributed by atoms with Crippen LogP contribution in [0, 0.1) is 9.90 Å². The van der Waals surface area contributed by atoms with E-state index in [0.717, 1.165) is 3.70 Å². The Bertz CT molecular complexity index is 204. The molecule has 0 atom stereocenters. The Labute approximate surface area is 66.6 Å². The lowest BCUT2D eigenvalue weighted by Crippen LogP contribution is -1.91. The van der Waals surface area contributed by atoms with E-state index in [2.05, 4.69) is 38.8 Å². The molecule has 1 aromatic heterocycles. The van der Waals surface area contributed by atoms with Crippen LogP contribution < -0.4 is 4.74 Å². The van der Waals surface area contributed by atoms with Crippen molar-refractivity contribution in [2.45, 2.75) is 0 Å². The van der Waals surface area contributed by atoms with Gasteiger partial charge in [0.15, 0.2) is 0 Å². The van der Waals surface area contributed by atoms with Gasteiger partial charge in [-0.1, -0.05) is 0 Å². The quantitative estimate of drug-likeness (QED) is 0.535. The number of hydrogen-bond acceptors (Lipinski definition) is 3. The molecule has 0 spiro atoms. The van der Waals surface area contributed by atoms with Gasteiger partial charge in [-0.05, 0) is 28.7 Å². The van der Waals surface area contributed by atoms with E-state index in [1.807, 2.05) is 0 Å². The van der Waals surface area contributed by atoms with E-state index in [-0.39, 0.29) is 0 Å². The minimum absolute atomic E-state index is 0.363. The summed E-state index contributed by atoms with van der Waals surface area (Å²) in [5.41, 5.74) is 0. The van der Waals surface area contributed by atoms with Crippen LogP contribution in [-0.2, 0) is 0 Å². The first kappa shape index (κ1) is 6.73. The Morgan fingerprint density at radius 1 is 1.78 bits per heavy atom. The van der Waals surface area contributed by atoms with Crippen molar-refractivity contribution in [1.82, 2.24) is 9.97 Å². The molecule has 0 aliphatic carbocycles. The first-order valence-electron chi connectivity index (χ1n) is 2.27. The van der Waals surface area contributed by atoms with Crippen LogP contribution in [0.25, 0.3) is 0 Å². The topological polar surface area (TPSA) is 35.0 Å². The lowest BCUT2D eigenvalue weighted by atomic mass is 10.7. The fraction of sp³-hybridized carbons (Fsp3) is 0.200. The van der Waals surface area contributed by atoms with Crippen LogP contribution in [0.1, 0.15) is 0 Å². The van der Waals surface area contributed by atoms with Crippen molar-refractivity contribution >= 4 is 22.6 Å². The predicted molar refractivity (Wildman–Crippen MR) is 40.1 cm³/mol. The Balaban J connectivity index is 2.94. The standard InChI is InChI=1S/C5H4IN2O/c1-9-5-7-3-2-4(6)8-5/h2H,1H3. The number of nitrogens with zero attached hydrogens (tertiary/aromatic N) is 2. The molecule has 0 saturated heterocycles. The van der Waals surface area contributed by atoms with Crippen LogP contribution >= 0.6 is 22.6 Å². The summed E-state index contributed by atoms with van der Waals surface area (Å²) >= 11 is 2.07. The van der Waals surface area contributed by atoms with Gasteiger partial charge in [0.05, 0.1) is 13.3 Å². The highest BCUT2D eigenvalue weighted by Crippen LogP contribution is 2.02. The lowest BCUT2D eigenvalue weighted by molar-refractivity contribution is 0.378. The second-order valence-corrected chi connectivity index (χ2v) is 2.41. The molecule has 1 heterocycles. The van der Waals surface area contributed by atoms with E-state index in [4.69, 9.17) is 4.74 Å². The highest BCUT2D eigenvalue weighted by molar-refractivity contribution is 14.1. The van der Waals surface area contributed by atoms with Gasteiger partial charge in [-0.15, -0.1) is 0 Å². The zero-order valence-electron chi connectivity index (χ0n) is 4.76. The molecule has 0 amide bonds. The van der Waals surface area contributed by atoms with Gasteiger partial charge < -0.3 is 4.74 Å². The van der Waals surface area contributed by atoms with Gasteiger partial charge in [0.2, 0.25) is 0 Å². The molecule has 0 N–H and O–H groups in total. The van der Waals surface area contributed by atoms with Gasteiger partial charge in [-0.3, -0.25) is 0 Å². The average molecular weight is 235 g/mol. The molecule has 0 bridgehead atoms. The minimum atomic E-state index is 0.363. The van der Waals surface area contributed by atoms with Gasteiger partial charge in [-0.25, -0.2) is 0 Å². The zero-order chi connectivity index (χ0) is 6.69. The van der Waals surface area contributed by atoms with E-state index < -0.39 is 0 Å². The van der Waals surface area contributed by atoms with Crippen LogP contribution in [-0.4, -0.2) is 17.1 Å². The van der Waals surface area contributed by atoms with Crippen molar-refractivity contribution in [2.24, 2.45) is 0 Å². The number of halogens is 1. The van der Waals surface area contributed by atoms with Crippen molar-refractivity contribution < 1.29 is 4.74 Å². The molecule has 9 heavy (non-hydrogen) atoms. The second-order valence-electron chi connectivity index (χ2n) is 1.31. The number of methoxy groups -OCH3 is 1. The molecule has 0 aliphatic rings. The maximum Gasteiger partial charge on any atom is 0.317 e. The smallest absolute Gasteiger partial charge is 0.317 e. The maximum atomic E-state index is 4.74. The SMILES string of the molecule is COc1n[c]cc(I)n1. The molecule has 1 radical (unpaired) electrons. The van der Waals surface area contributed by atoms with Gasteiger partial charge >= 0.3 is 6.01 Å². The normalized spacial score (nSPS) is 9.11. The summed E-state index contributed by atoms with van der Waals surface area (Å²) in [5, 5.41) is 0. The zero-order valence-corrected chi connectivity index (χ0v) is 6.92. The summed E-state index contributed by atoms with van der Waals surface area (Å²) in [7, 11) is 1.53. The predicted octanol–water partition coefficient (Wildman–Crippen LogP) is 0.890. The lowest BCUT2D eigenvalue weighted by Gasteiger charge is -1.93. The monoisotopic (exact) mass is 235 g/mol. The Morgan fingerprint density at radius 2 is 2.56 bits per heavy atom. The third-order valence-electron chi connectivity index (χ3n) is 0.729. The van der Waals surface area contributed by atoms with Crippen molar-refractivity contribution in [2.75, 3.05) is 7.11 Å². The number of rotatable bonds is 1. The summed E-state index contributed by atoms with van der Waals surface area (Å²) in [6.45, 7) is 0. The summed E-state index contributed by atoms with van der Waals surface area (Å²) in [4.78, 5) is 7.61. The molecule has 4 heteroatoms. The van der Waals surface area contributed by atoms with Crippen LogP contribution in [0.5, 0.6) is 6.01 Å². The third kappa shape index (κ3) is 1.78. The maximum absolute atomic E-state index is 4.74. The summed E-state index contributed by atoms with van der Waals surface area (Å²) in [6.07, 6.45) is 2.64. The van der Waals surface area contributed by atoms with E-state index in [0.29, 0.717) is 6.01 Å². The Kier molecular flexibility index (Phi) is 2.21. The van der Waals surface area contributed by atoms with Crippen LogP contribution in [0.2, 0.25) is 0 Å². The van der Waals surface area contributed by atoms with Gasteiger partial charge in [0.25, 0.3) is 0 Å². The molecule has 0 unspecified atom stereocenters. The molecule has 1 aromatic rings. The van der Waals surface area contributed by atoms with E-state index in [1.54, 1.807) is 6.07 Å². The number of aromatic nitrogens is 2. The first-order valence-corrected chi connectivity index (χ1v) is 3.35. The van der Waals surface area contributed by atoms with Crippen LogP contribution in [0.4, 0.5) is 0 Å². The molecular weight excluding hydrogens is 231 g/mol. The fourth-order valence-electron chi connectivity index (χ4n) is 0.381. The van der Waals surface area contributed by atoms with E-state index in [1.165, 1.54) is 7.11 Å².